The molecular weight excluding hydrogens is 288 g/mol. The Morgan fingerprint density at radius 1 is 0.952 bits per heavy atom. The van der Waals surface area contributed by atoms with Gasteiger partial charge < -0.3 is 0 Å². The minimum atomic E-state index is -3.93. The number of nitrogens with zero attached hydrogens (tertiary/aromatic N) is 1. The van der Waals surface area contributed by atoms with Crippen molar-refractivity contribution in [3.05, 3.63) is 60.7 Å². The predicted molar refractivity (Wildman–Crippen MR) is 81.8 cm³/mol. The van der Waals surface area contributed by atoms with Crippen LogP contribution in [-0.2, 0) is 14.6 Å². The monoisotopic (exact) mass is 302 g/mol. The van der Waals surface area contributed by atoms with Crippen LogP contribution in [0.2, 0.25) is 0 Å². The molecule has 108 valence electrons. The molecule has 0 fully saturated rings. The first-order valence-electron chi connectivity index (χ1n) is 6.21. The van der Waals surface area contributed by atoms with Crippen molar-refractivity contribution in [2.45, 2.75) is 11.8 Å². The van der Waals surface area contributed by atoms with E-state index in [4.69, 9.17) is 0 Å². The lowest BCUT2D eigenvalue weighted by atomic mass is 10.3. The number of benzene rings is 2. The van der Waals surface area contributed by atoms with Gasteiger partial charge in [0.15, 0.2) is 5.78 Å². The zero-order chi connectivity index (χ0) is 15.3. The molecule has 0 spiro atoms. The van der Waals surface area contributed by atoms with Gasteiger partial charge in [0.25, 0.3) is 0 Å². The van der Waals surface area contributed by atoms with E-state index < -0.39 is 20.7 Å². The summed E-state index contributed by atoms with van der Waals surface area (Å²) in [7, 11) is -3.93. The Hall–Kier alpha value is -2.47. The first-order chi connectivity index (χ1) is 10.0. The van der Waals surface area contributed by atoms with Gasteiger partial charge in [-0.05, 0) is 24.3 Å². The highest BCUT2D eigenvalue weighted by atomic mass is 32.2. The third-order valence-electron chi connectivity index (χ3n) is 2.67. The van der Waals surface area contributed by atoms with Gasteiger partial charge in [-0.15, -0.1) is 0 Å². The summed E-state index contributed by atoms with van der Waals surface area (Å²) in [6, 6.07) is 16.5. The molecule has 5 nitrogen and oxygen atoms in total. The SMILES string of the molecule is CC(=O)/C(=N/Nc1ccccc1)S(=O)(=O)c1ccccc1. The quantitative estimate of drug-likeness (QED) is 0.535. The molecule has 0 aliphatic heterocycles. The molecule has 0 saturated carbocycles. The smallest absolute Gasteiger partial charge is 0.229 e. The molecular formula is C15H14N2O3S. The minimum absolute atomic E-state index is 0.0359. The first kappa shape index (κ1) is 14.9. The summed E-state index contributed by atoms with van der Waals surface area (Å²) in [5, 5.41) is 3.25. The highest BCUT2D eigenvalue weighted by molar-refractivity contribution is 8.08. The van der Waals surface area contributed by atoms with Gasteiger partial charge in [0.2, 0.25) is 14.9 Å². The van der Waals surface area contributed by atoms with E-state index >= 15 is 0 Å². The van der Waals surface area contributed by atoms with Gasteiger partial charge in [0, 0.05) is 6.92 Å². The van der Waals surface area contributed by atoms with Crippen molar-refractivity contribution in [1.29, 1.82) is 0 Å². The average Bonchev–Trinajstić information content (AvgIpc) is 2.49. The van der Waals surface area contributed by atoms with Crippen LogP contribution in [0.15, 0.2) is 70.7 Å². The number of carbonyl (C=O) groups excluding carboxylic acids is 1. The highest BCUT2D eigenvalue weighted by Crippen LogP contribution is 2.13. The second-order valence-electron chi connectivity index (χ2n) is 4.27. The summed E-state index contributed by atoms with van der Waals surface area (Å²) in [5.41, 5.74) is 3.19. The number of hydrogen-bond donors (Lipinski definition) is 1. The fourth-order valence-electron chi connectivity index (χ4n) is 1.67. The van der Waals surface area contributed by atoms with E-state index in [1.54, 1.807) is 42.5 Å². The van der Waals surface area contributed by atoms with Crippen molar-refractivity contribution in [2.75, 3.05) is 5.43 Å². The lowest BCUT2D eigenvalue weighted by molar-refractivity contribution is -0.110. The second kappa shape index (κ2) is 6.32. The molecule has 0 saturated heterocycles. The number of para-hydroxylation sites is 1. The standard InChI is InChI=1S/C15H14N2O3S/c1-12(18)15(17-16-13-8-4-2-5-9-13)21(19,20)14-10-6-3-7-11-14/h2-11,16H,1H3/b17-15-. The van der Waals surface area contributed by atoms with E-state index in [0.717, 1.165) is 0 Å². The predicted octanol–water partition coefficient (Wildman–Crippen LogP) is 2.47. The third kappa shape index (κ3) is 3.55. The second-order valence-corrected chi connectivity index (χ2v) is 6.13. The number of rotatable bonds is 4. The van der Waals surface area contributed by atoms with Crippen molar-refractivity contribution in [3.63, 3.8) is 0 Å². The van der Waals surface area contributed by atoms with E-state index in [9.17, 15) is 13.2 Å². The molecule has 6 heteroatoms. The van der Waals surface area contributed by atoms with Crippen LogP contribution in [0.4, 0.5) is 5.69 Å². The van der Waals surface area contributed by atoms with Crippen LogP contribution in [0.25, 0.3) is 0 Å². The summed E-state index contributed by atoms with van der Waals surface area (Å²) >= 11 is 0. The Morgan fingerprint density at radius 3 is 2.00 bits per heavy atom. The molecule has 2 aromatic rings. The van der Waals surface area contributed by atoms with Crippen molar-refractivity contribution >= 4 is 26.4 Å². The Morgan fingerprint density at radius 2 is 1.48 bits per heavy atom. The Labute approximate surface area is 123 Å². The maximum atomic E-state index is 12.4. The fourth-order valence-corrected chi connectivity index (χ4v) is 2.95. The molecule has 2 rings (SSSR count). The van der Waals surface area contributed by atoms with Crippen molar-refractivity contribution in [2.24, 2.45) is 5.10 Å². The van der Waals surface area contributed by atoms with E-state index in [1.807, 2.05) is 6.07 Å². The van der Waals surface area contributed by atoms with Crippen LogP contribution in [0.1, 0.15) is 6.92 Å². The molecule has 0 heterocycles. The molecule has 0 aromatic heterocycles. The van der Waals surface area contributed by atoms with E-state index in [0.29, 0.717) is 5.69 Å². The van der Waals surface area contributed by atoms with Gasteiger partial charge in [-0.25, -0.2) is 8.42 Å². The number of sulfone groups is 1. The van der Waals surface area contributed by atoms with E-state index in [2.05, 4.69) is 10.5 Å². The lowest BCUT2D eigenvalue weighted by Gasteiger charge is -2.06. The molecule has 2 aromatic carbocycles. The molecule has 0 atom stereocenters. The highest BCUT2D eigenvalue weighted by Gasteiger charge is 2.26. The zero-order valence-corrected chi connectivity index (χ0v) is 12.2. The Balaban J connectivity index is 2.38. The zero-order valence-electron chi connectivity index (χ0n) is 11.4. The maximum absolute atomic E-state index is 12.4. The minimum Gasteiger partial charge on any atom is -0.292 e. The van der Waals surface area contributed by atoms with Crippen LogP contribution < -0.4 is 5.43 Å². The summed E-state index contributed by atoms with van der Waals surface area (Å²) in [6.07, 6.45) is 0. The number of hydrogen-bond acceptors (Lipinski definition) is 5. The molecule has 0 aliphatic carbocycles. The molecule has 0 aliphatic rings. The van der Waals surface area contributed by atoms with Gasteiger partial charge >= 0.3 is 0 Å². The number of ketones is 1. The molecule has 21 heavy (non-hydrogen) atoms. The van der Waals surface area contributed by atoms with Crippen molar-refractivity contribution in [1.82, 2.24) is 0 Å². The van der Waals surface area contributed by atoms with Crippen molar-refractivity contribution in [3.8, 4) is 0 Å². The maximum Gasteiger partial charge on any atom is 0.229 e. The number of nitrogens with one attached hydrogen (secondary N) is 1. The van der Waals surface area contributed by atoms with E-state index in [1.165, 1.54) is 19.1 Å². The molecule has 0 unspecified atom stereocenters. The fraction of sp³-hybridized carbons (Fsp3) is 0.0667. The summed E-state index contributed by atoms with van der Waals surface area (Å²) < 4.78 is 24.8. The number of carbonyl (C=O) groups is 1. The average molecular weight is 302 g/mol. The number of hydrazone groups is 1. The van der Waals surface area contributed by atoms with Gasteiger partial charge in [0.1, 0.15) is 0 Å². The largest absolute Gasteiger partial charge is 0.292 e. The molecule has 1 N–H and O–H groups in total. The summed E-state index contributed by atoms with van der Waals surface area (Å²) in [5.74, 6) is -0.623. The van der Waals surface area contributed by atoms with Crippen LogP contribution in [0, 0.1) is 0 Å². The number of anilines is 1. The lowest BCUT2D eigenvalue weighted by Crippen LogP contribution is -2.23. The summed E-state index contributed by atoms with van der Waals surface area (Å²) in [6.45, 7) is 1.17. The van der Waals surface area contributed by atoms with Gasteiger partial charge in [-0.3, -0.25) is 10.2 Å². The van der Waals surface area contributed by atoms with Gasteiger partial charge in [-0.2, -0.15) is 5.10 Å². The summed E-state index contributed by atoms with van der Waals surface area (Å²) in [4.78, 5) is 11.7. The van der Waals surface area contributed by atoms with Crippen molar-refractivity contribution < 1.29 is 13.2 Å². The van der Waals surface area contributed by atoms with Crippen LogP contribution >= 0.6 is 0 Å². The van der Waals surface area contributed by atoms with Crippen LogP contribution in [-0.4, -0.2) is 19.2 Å². The van der Waals surface area contributed by atoms with Crippen LogP contribution in [0.5, 0.6) is 0 Å². The van der Waals surface area contributed by atoms with Gasteiger partial charge in [-0.1, -0.05) is 36.4 Å². The molecule has 0 bridgehead atoms. The first-order valence-corrected chi connectivity index (χ1v) is 7.70. The number of Topliss-reactive ketones (excluding diaryl/α,β-unsaturated/α-hetero) is 1. The normalized spacial score (nSPS) is 12.0. The topological polar surface area (TPSA) is 75.6 Å². The van der Waals surface area contributed by atoms with Crippen LogP contribution in [0.3, 0.4) is 0 Å². The third-order valence-corrected chi connectivity index (χ3v) is 4.45. The van der Waals surface area contributed by atoms with Gasteiger partial charge in [0.05, 0.1) is 10.6 Å². The Kier molecular flexibility index (Phi) is 4.49. The Bertz CT molecular complexity index is 754. The molecule has 0 amide bonds. The van der Waals surface area contributed by atoms with E-state index in [-0.39, 0.29) is 4.90 Å². The molecule has 0 radical (unpaired) electrons.